The first-order chi connectivity index (χ1) is 14.3. The van der Waals surface area contributed by atoms with Crippen LogP contribution in [0.1, 0.15) is 31.1 Å². The van der Waals surface area contributed by atoms with Gasteiger partial charge in [-0.3, -0.25) is 14.5 Å². The number of benzene rings is 1. The van der Waals surface area contributed by atoms with Crippen LogP contribution in [0.25, 0.3) is 17.4 Å². The number of nitrogens with zero attached hydrogens (tertiary/aromatic N) is 1. The maximum absolute atomic E-state index is 12.8. The molecule has 1 saturated heterocycles. The van der Waals surface area contributed by atoms with E-state index in [2.05, 4.69) is 6.92 Å². The Hall–Kier alpha value is -2.91. The van der Waals surface area contributed by atoms with Gasteiger partial charge in [-0.15, -0.1) is 0 Å². The highest BCUT2D eigenvalue weighted by Gasteiger charge is 2.40. The number of rotatable bonds is 8. The van der Waals surface area contributed by atoms with E-state index in [1.807, 2.05) is 24.3 Å². The number of hydrogen-bond acceptors (Lipinski definition) is 6. The standard InChI is InChI=1S/C21H19NO6S2/c1-2-12-3-5-13(6-4-12)16-9-7-14(28-16)11-17-19(25)22(21(29)30-17)15(20(26)27)8-10-18(23)24/h3-7,9,11,15H,2,8,10H2,1H3,(H,23,24)(H,26,27)/b17-11+/t15-/m0/s1. The Morgan fingerprint density at radius 1 is 1.20 bits per heavy atom. The number of aliphatic carboxylic acids is 2. The zero-order chi connectivity index (χ0) is 21.8. The molecule has 2 N–H and O–H groups in total. The Morgan fingerprint density at radius 3 is 2.50 bits per heavy atom. The van der Waals surface area contributed by atoms with Gasteiger partial charge in [-0.1, -0.05) is 55.2 Å². The predicted octanol–water partition coefficient (Wildman–Crippen LogP) is 4.03. The second-order valence-corrected chi connectivity index (χ2v) is 8.27. The van der Waals surface area contributed by atoms with Crippen LogP contribution in [-0.4, -0.2) is 43.3 Å². The highest BCUT2D eigenvalue weighted by Crippen LogP contribution is 2.35. The summed E-state index contributed by atoms with van der Waals surface area (Å²) in [6.07, 6.45) is 1.84. The Balaban J connectivity index is 1.80. The molecule has 0 spiro atoms. The second-order valence-electron chi connectivity index (χ2n) is 6.59. The minimum Gasteiger partial charge on any atom is -0.481 e. The van der Waals surface area contributed by atoms with Crippen LogP contribution in [0.3, 0.4) is 0 Å². The fourth-order valence-electron chi connectivity index (χ4n) is 2.99. The molecule has 1 aromatic carbocycles. The first-order valence-electron chi connectivity index (χ1n) is 9.21. The van der Waals surface area contributed by atoms with Gasteiger partial charge in [0.25, 0.3) is 5.91 Å². The maximum Gasteiger partial charge on any atom is 0.326 e. The lowest BCUT2D eigenvalue weighted by Crippen LogP contribution is -2.44. The molecule has 2 heterocycles. The monoisotopic (exact) mass is 445 g/mol. The third-order valence-electron chi connectivity index (χ3n) is 4.60. The van der Waals surface area contributed by atoms with Gasteiger partial charge >= 0.3 is 11.9 Å². The smallest absolute Gasteiger partial charge is 0.326 e. The molecule has 1 amide bonds. The van der Waals surface area contributed by atoms with Crippen molar-refractivity contribution >= 4 is 52.2 Å². The van der Waals surface area contributed by atoms with E-state index >= 15 is 0 Å². The van der Waals surface area contributed by atoms with E-state index in [1.165, 1.54) is 11.6 Å². The predicted molar refractivity (Wildman–Crippen MR) is 117 cm³/mol. The summed E-state index contributed by atoms with van der Waals surface area (Å²) < 4.78 is 5.89. The lowest BCUT2D eigenvalue weighted by molar-refractivity contribution is -0.146. The van der Waals surface area contributed by atoms with Gasteiger partial charge in [-0.2, -0.15) is 0 Å². The van der Waals surface area contributed by atoms with Gasteiger partial charge < -0.3 is 14.6 Å². The number of thiocarbonyl (C=S) groups is 1. The summed E-state index contributed by atoms with van der Waals surface area (Å²) in [5, 5.41) is 18.3. The molecule has 9 heteroatoms. The SMILES string of the molecule is CCc1ccc(-c2ccc(/C=C3/SC(=S)N([C@@H](CCC(=O)O)C(=O)O)C3=O)o2)cc1. The number of amides is 1. The van der Waals surface area contributed by atoms with Gasteiger partial charge in [0.2, 0.25) is 0 Å². The number of carboxylic acid groups (broad SMARTS) is 2. The highest BCUT2D eigenvalue weighted by molar-refractivity contribution is 8.26. The number of hydrogen-bond donors (Lipinski definition) is 2. The molecule has 3 rings (SSSR count). The molecular formula is C21H19NO6S2. The van der Waals surface area contributed by atoms with Crippen molar-refractivity contribution in [2.45, 2.75) is 32.2 Å². The van der Waals surface area contributed by atoms with Crippen molar-refractivity contribution in [2.24, 2.45) is 0 Å². The number of carboxylic acids is 2. The van der Waals surface area contributed by atoms with Gasteiger partial charge in [-0.05, 0) is 30.5 Å². The third-order valence-corrected chi connectivity index (χ3v) is 5.93. The molecule has 1 aliphatic heterocycles. The quantitative estimate of drug-likeness (QED) is 0.463. The summed E-state index contributed by atoms with van der Waals surface area (Å²) in [5.41, 5.74) is 2.11. The van der Waals surface area contributed by atoms with Crippen LogP contribution in [0.15, 0.2) is 45.7 Å². The zero-order valence-electron chi connectivity index (χ0n) is 16.0. The van der Waals surface area contributed by atoms with Gasteiger partial charge in [0.15, 0.2) is 0 Å². The van der Waals surface area contributed by atoms with Crippen molar-refractivity contribution < 1.29 is 29.0 Å². The largest absolute Gasteiger partial charge is 0.481 e. The number of aryl methyl sites for hydroxylation is 1. The maximum atomic E-state index is 12.8. The Kier molecular flexibility index (Phi) is 6.73. The first kappa shape index (κ1) is 21.8. The van der Waals surface area contributed by atoms with E-state index in [1.54, 1.807) is 12.1 Å². The summed E-state index contributed by atoms with van der Waals surface area (Å²) in [5.74, 6) is -1.94. The van der Waals surface area contributed by atoms with Crippen LogP contribution in [0.2, 0.25) is 0 Å². The van der Waals surface area contributed by atoms with Crippen LogP contribution in [0.4, 0.5) is 0 Å². The number of carbonyl (C=O) groups is 3. The van der Waals surface area contributed by atoms with Crippen LogP contribution in [0, 0.1) is 0 Å². The van der Waals surface area contributed by atoms with E-state index in [-0.39, 0.29) is 22.1 Å². The normalized spacial score (nSPS) is 16.3. The van der Waals surface area contributed by atoms with E-state index in [0.29, 0.717) is 11.5 Å². The molecule has 1 fully saturated rings. The van der Waals surface area contributed by atoms with Crippen LogP contribution < -0.4 is 0 Å². The van der Waals surface area contributed by atoms with Crippen molar-refractivity contribution in [1.82, 2.24) is 4.90 Å². The average Bonchev–Trinajstić information content (AvgIpc) is 3.28. The van der Waals surface area contributed by atoms with E-state index < -0.39 is 23.9 Å². The molecule has 0 unspecified atom stereocenters. The van der Waals surface area contributed by atoms with Crippen LogP contribution >= 0.6 is 24.0 Å². The summed E-state index contributed by atoms with van der Waals surface area (Å²) in [4.78, 5) is 36.3. The molecular weight excluding hydrogens is 426 g/mol. The molecule has 30 heavy (non-hydrogen) atoms. The van der Waals surface area contributed by atoms with Crippen molar-refractivity contribution in [3.05, 3.63) is 52.6 Å². The number of thioether (sulfide) groups is 1. The fourth-order valence-corrected chi connectivity index (χ4v) is 4.33. The van der Waals surface area contributed by atoms with E-state index in [0.717, 1.165) is 28.6 Å². The zero-order valence-corrected chi connectivity index (χ0v) is 17.7. The minimum atomic E-state index is -1.33. The minimum absolute atomic E-state index is 0.0750. The number of carbonyl (C=O) groups excluding carboxylic acids is 1. The van der Waals surface area contributed by atoms with Crippen LogP contribution in [0.5, 0.6) is 0 Å². The summed E-state index contributed by atoms with van der Waals surface area (Å²) in [6, 6.07) is 10.1. The molecule has 1 atom stereocenters. The Bertz CT molecular complexity index is 1020. The molecule has 156 valence electrons. The molecule has 2 aromatic rings. The summed E-state index contributed by atoms with van der Waals surface area (Å²) in [7, 11) is 0. The van der Waals surface area contributed by atoms with E-state index in [9.17, 15) is 19.5 Å². The molecule has 0 saturated carbocycles. The molecule has 7 nitrogen and oxygen atoms in total. The van der Waals surface area contributed by atoms with Crippen LogP contribution in [-0.2, 0) is 20.8 Å². The number of furan rings is 1. The topological polar surface area (TPSA) is 108 Å². The van der Waals surface area contributed by atoms with E-state index in [4.69, 9.17) is 21.7 Å². The van der Waals surface area contributed by atoms with Crippen molar-refractivity contribution in [3.8, 4) is 11.3 Å². The Labute approximate surface area is 182 Å². The molecule has 1 aromatic heterocycles. The first-order valence-corrected chi connectivity index (χ1v) is 10.4. The molecule has 1 aliphatic rings. The van der Waals surface area contributed by atoms with Crippen molar-refractivity contribution in [2.75, 3.05) is 0 Å². The average molecular weight is 446 g/mol. The molecule has 0 radical (unpaired) electrons. The lowest BCUT2D eigenvalue weighted by atomic mass is 10.1. The van der Waals surface area contributed by atoms with Gasteiger partial charge in [-0.25, -0.2) is 4.79 Å². The molecule has 0 aliphatic carbocycles. The lowest BCUT2D eigenvalue weighted by Gasteiger charge is -2.22. The summed E-state index contributed by atoms with van der Waals surface area (Å²) >= 11 is 6.14. The van der Waals surface area contributed by atoms with Gasteiger partial charge in [0.05, 0.1) is 4.91 Å². The fraction of sp³-hybridized carbons (Fsp3) is 0.238. The second kappa shape index (κ2) is 9.27. The third kappa shape index (κ3) is 4.80. The van der Waals surface area contributed by atoms with Crippen molar-refractivity contribution in [3.63, 3.8) is 0 Å². The summed E-state index contributed by atoms with van der Waals surface area (Å²) in [6.45, 7) is 2.08. The Morgan fingerprint density at radius 2 is 1.90 bits per heavy atom. The molecule has 0 bridgehead atoms. The van der Waals surface area contributed by atoms with Gasteiger partial charge in [0, 0.05) is 18.1 Å². The highest BCUT2D eigenvalue weighted by atomic mass is 32.2. The van der Waals surface area contributed by atoms with Gasteiger partial charge in [0.1, 0.15) is 21.9 Å². The van der Waals surface area contributed by atoms with Crippen molar-refractivity contribution in [1.29, 1.82) is 0 Å².